The summed E-state index contributed by atoms with van der Waals surface area (Å²) in [5.74, 6) is 0.584. The van der Waals surface area contributed by atoms with E-state index in [0.717, 1.165) is 12.8 Å². The number of hydrogen-bond acceptors (Lipinski definition) is 2. The van der Waals surface area contributed by atoms with Crippen molar-refractivity contribution < 1.29 is 4.21 Å². The maximum Gasteiger partial charge on any atom is 0.0631 e. The predicted octanol–water partition coefficient (Wildman–Crippen LogP) is 1.59. The zero-order chi connectivity index (χ0) is 8.10. The molecule has 1 aliphatic carbocycles. The van der Waals surface area contributed by atoms with Crippen molar-refractivity contribution in [2.75, 3.05) is 5.75 Å². The molecule has 0 aromatic heterocycles. The topological polar surface area (TPSA) is 40.9 Å². The highest BCUT2D eigenvalue weighted by molar-refractivity contribution is 7.85. The van der Waals surface area contributed by atoms with Crippen LogP contribution in [0, 0.1) is 11.3 Å². The minimum Gasteiger partial charge on any atom is -0.259 e. The van der Waals surface area contributed by atoms with Gasteiger partial charge < -0.3 is 0 Å². The highest BCUT2D eigenvalue weighted by Crippen LogP contribution is 2.22. The highest BCUT2D eigenvalue weighted by atomic mass is 32.2. The first kappa shape index (κ1) is 8.73. The summed E-state index contributed by atoms with van der Waals surface area (Å²) in [6.45, 7) is 0. The van der Waals surface area contributed by atoms with Crippen LogP contribution in [0.1, 0.15) is 32.1 Å². The van der Waals surface area contributed by atoms with Gasteiger partial charge in [0, 0.05) is 28.2 Å². The van der Waals surface area contributed by atoms with E-state index in [-0.39, 0.29) is 0 Å². The predicted molar refractivity (Wildman–Crippen MR) is 45.5 cm³/mol. The van der Waals surface area contributed by atoms with Gasteiger partial charge >= 0.3 is 0 Å². The summed E-state index contributed by atoms with van der Waals surface area (Å²) < 4.78 is 11.4. The molecular weight excluding hydrogens is 158 g/mol. The largest absolute Gasteiger partial charge is 0.259 e. The summed E-state index contributed by atoms with van der Waals surface area (Å²) in [6, 6.07) is 2.03. The van der Waals surface area contributed by atoms with Crippen LogP contribution in [0.5, 0.6) is 0 Å². The molecule has 1 unspecified atom stereocenters. The average Bonchev–Trinajstić information content (AvgIpc) is 2.52. The third kappa shape index (κ3) is 2.63. The summed E-state index contributed by atoms with van der Waals surface area (Å²) in [5.41, 5.74) is 0. The highest BCUT2D eigenvalue weighted by Gasteiger charge is 2.20. The van der Waals surface area contributed by atoms with E-state index in [1.165, 1.54) is 12.8 Å². The van der Waals surface area contributed by atoms with Crippen molar-refractivity contribution in [3.63, 3.8) is 0 Å². The molecule has 2 nitrogen and oxygen atoms in total. The number of rotatable bonds is 3. The fourth-order valence-corrected chi connectivity index (χ4v) is 2.95. The van der Waals surface area contributed by atoms with Gasteiger partial charge in [-0.2, -0.15) is 5.26 Å². The Labute approximate surface area is 70.1 Å². The Kier molecular flexibility index (Phi) is 3.58. The lowest BCUT2D eigenvalue weighted by Crippen LogP contribution is -2.13. The molecule has 0 radical (unpaired) electrons. The van der Waals surface area contributed by atoms with E-state index in [1.807, 2.05) is 6.07 Å². The second kappa shape index (κ2) is 4.50. The van der Waals surface area contributed by atoms with Gasteiger partial charge in [-0.15, -0.1) is 0 Å². The first-order valence-electron chi connectivity index (χ1n) is 4.08. The Morgan fingerprint density at radius 2 is 2.09 bits per heavy atom. The lowest BCUT2D eigenvalue weighted by Gasteiger charge is -2.05. The van der Waals surface area contributed by atoms with Gasteiger partial charge in [-0.1, -0.05) is 12.8 Å². The molecule has 0 amide bonds. The summed E-state index contributed by atoms with van der Waals surface area (Å²) in [4.78, 5) is 0. The molecule has 0 N–H and O–H groups in total. The molecule has 62 valence electrons. The third-order valence-electron chi connectivity index (χ3n) is 2.09. The molecule has 1 rings (SSSR count). The minimum absolute atomic E-state index is 0.406. The molecule has 1 atom stereocenters. The molecule has 1 saturated carbocycles. The van der Waals surface area contributed by atoms with Gasteiger partial charge in [0.15, 0.2) is 0 Å². The number of nitriles is 1. The third-order valence-corrected chi connectivity index (χ3v) is 3.91. The van der Waals surface area contributed by atoms with Crippen LogP contribution >= 0.6 is 0 Å². The molecule has 0 aromatic carbocycles. The Balaban J connectivity index is 2.24. The van der Waals surface area contributed by atoms with E-state index >= 15 is 0 Å². The minimum atomic E-state index is -0.718. The van der Waals surface area contributed by atoms with Gasteiger partial charge in [-0.05, 0) is 12.8 Å². The van der Waals surface area contributed by atoms with Gasteiger partial charge in [-0.25, -0.2) is 0 Å². The molecule has 11 heavy (non-hydrogen) atoms. The second-order valence-corrected chi connectivity index (χ2v) is 4.74. The molecule has 0 aliphatic heterocycles. The van der Waals surface area contributed by atoms with Crippen LogP contribution < -0.4 is 0 Å². The standard InChI is InChI=1S/C8H13NOS/c9-6-3-7-11(10)8-4-1-2-5-8/h8H,1-5,7H2. The first-order valence-corrected chi connectivity index (χ1v) is 5.47. The van der Waals surface area contributed by atoms with Crippen LogP contribution in [0.25, 0.3) is 0 Å². The average molecular weight is 171 g/mol. The summed E-state index contributed by atoms with van der Waals surface area (Å²) >= 11 is 0. The normalized spacial score (nSPS) is 21.4. The molecule has 0 bridgehead atoms. The summed E-state index contributed by atoms with van der Waals surface area (Å²) in [5, 5.41) is 8.68. The van der Waals surface area contributed by atoms with Gasteiger partial charge in [0.25, 0.3) is 0 Å². The lowest BCUT2D eigenvalue weighted by atomic mass is 10.4. The van der Waals surface area contributed by atoms with Crippen LogP contribution in [0.3, 0.4) is 0 Å². The fourth-order valence-electron chi connectivity index (χ4n) is 1.46. The van der Waals surface area contributed by atoms with Crippen molar-refractivity contribution in [2.24, 2.45) is 0 Å². The fraction of sp³-hybridized carbons (Fsp3) is 0.875. The first-order chi connectivity index (χ1) is 5.34. The Morgan fingerprint density at radius 1 is 1.45 bits per heavy atom. The molecule has 0 spiro atoms. The van der Waals surface area contributed by atoms with E-state index in [4.69, 9.17) is 5.26 Å². The van der Waals surface area contributed by atoms with Crippen molar-refractivity contribution in [3.05, 3.63) is 0 Å². The van der Waals surface area contributed by atoms with Gasteiger partial charge in [-0.3, -0.25) is 4.21 Å². The van der Waals surface area contributed by atoms with Crippen molar-refractivity contribution >= 4 is 10.8 Å². The zero-order valence-corrected chi connectivity index (χ0v) is 7.40. The summed E-state index contributed by atoms with van der Waals surface area (Å²) in [7, 11) is -0.718. The maximum absolute atomic E-state index is 11.4. The molecule has 0 heterocycles. The SMILES string of the molecule is N#CCCS(=O)C1CCCC1. The number of hydrogen-bond donors (Lipinski definition) is 0. The smallest absolute Gasteiger partial charge is 0.0631 e. The quantitative estimate of drug-likeness (QED) is 0.647. The van der Waals surface area contributed by atoms with Crippen LogP contribution in [-0.2, 0) is 10.8 Å². The van der Waals surface area contributed by atoms with Crippen LogP contribution in [-0.4, -0.2) is 15.2 Å². The molecular formula is C8H13NOS. The summed E-state index contributed by atoms with van der Waals surface area (Å²) in [6.07, 6.45) is 5.12. The monoisotopic (exact) mass is 171 g/mol. The number of nitrogens with zero attached hydrogens (tertiary/aromatic N) is 1. The van der Waals surface area contributed by atoms with E-state index in [2.05, 4.69) is 0 Å². The van der Waals surface area contributed by atoms with Crippen LogP contribution in [0.15, 0.2) is 0 Å². The molecule has 1 aliphatic rings. The maximum atomic E-state index is 11.4. The van der Waals surface area contributed by atoms with Gasteiger partial charge in [0.05, 0.1) is 6.07 Å². The van der Waals surface area contributed by atoms with Crippen LogP contribution in [0.4, 0.5) is 0 Å². The van der Waals surface area contributed by atoms with E-state index in [1.54, 1.807) is 0 Å². The molecule has 0 aromatic rings. The Morgan fingerprint density at radius 3 is 2.64 bits per heavy atom. The zero-order valence-electron chi connectivity index (χ0n) is 6.58. The van der Waals surface area contributed by atoms with Gasteiger partial charge in [0.2, 0.25) is 0 Å². The van der Waals surface area contributed by atoms with Crippen LogP contribution in [0.2, 0.25) is 0 Å². The van der Waals surface area contributed by atoms with Crippen molar-refractivity contribution in [2.45, 2.75) is 37.4 Å². The Hall–Kier alpha value is -0.360. The van der Waals surface area contributed by atoms with Crippen molar-refractivity contribution in [3.8, 4) is 6.07 Å². The molecule has 0 saturated heterocycles. The second-order valence-electron chi connectivity index (χ2n) is 2.90. The van der Waals surface area contributed by atoms with Crippen molar-refractivity contribution in [1.82, 2.24) is 0 Å². The van der Waals surface area contributed by atoms with E-state index < -0.39 is 10.8 Å². The van der Waals surface area contributed by atoms with Gasteiger partial charge in [0.1, 0.15) is 0 Å². The van der Waals surface area contributed by atoms with E-state index in [0.29, 0.717) is 17.4 Å². The van der Waals surface area contributed by atoms with E-state index in [9.17, 15) is 4.21 Å². The Bertz CT molecular complexity index is 179. The molecule has 1 fully saturated rings. The molecule has 3 heteroatoms. The van der Waals surface area contributed by atoms with Crippen molar-refractivity contribution in [1.29, 1.82) is 5.26 Å². The lowest BCUT2D eigenvalue weighted by molar-refractivity contribution is 0.669.